The molecule has 0 atom stereocenters. The molecule has 84 valence electrons. The van der Waals surface area contributed by atoms with Crippen molar-refractivity contribution in [2.24, 2.45) is 0 Å². The summed E-state index contributed by atoms with van der Waals surface area (Å²) in [7, 11) is 1.53. The second kappa shape index (κ2) is 3.82. The Hall–Kier alpha value is -2.50. The molecule has 0 unspecified atom stereocenters. The van der Waals surface area contributed by atoms with Gasteiger partial charge in [0, 0.05) is 0 Å². The number of aromatic nitrogens is 5. The van der Waals surface area contributed by atoms with E-state index in [1.54, 1.807) is 10.9 Å². The minimum absolute atomic E-state index is 0.303. The predicted octanol–water partition coefficient (Wildman–Crippen LogP) is 1.22. The predicted molar refractivity (Wildman–Crippen MR) is 61.0 cm³/mol. The molecule has 0 aliphatic carbocycles. The molecule has 0 amide bonds. The van der Waals surface area contributed by atoms with E-state index in [-0.39, 0.29) is 0 Å². The van der Waals surface area contributed by atoms with Crippen LogP contribution < -0.4 is 4.74 Å². The third-order valence-electron chi connectivity index (χ3n) is 2.35. The maximum atomic E-state index is 4.99. The second-order valence-electron chi connectivity index (χ2n) is 3.40. The van der Waals surface area contributed by atoms with E-state index in [4.69, 9.17) is 4.74 Å². The van der Waals surface area contributed by atoms with Crippen molar-refractivity contribution in [3.63, 3.8) is 0 Å². The van der Waals surface area contributed by atoms with Crippen molar-refractivity contribution in [2.45, 2.75) is 0 Å². The lowest BCUT2D eigenvalue weighted by Crippen LogP contribution is -1.99. The Bertz CT molecular complexity index is 649. The van der Waals surface area contributed by atoms with E-state index in [0.29, 0.717) is 17.2 Å². The van der Waals surface area contributed by atoms with Gasteiger partial charge in [0.1, 0.15) is 0 Å². The van der Waals surface area contributed by atoms with Crippen LogP contribution in [0.3, 0.4) is 0 Å². The van der Waals surface area contributed by atoms with Crippen LogP contribution in [0.1, 0.15) is 0 Å². The van der Waals surface area contributed by atoms with Crippen LogP contribution in [0.15, 0.2) is 36.5 Å². The molecule has 2 aromatic heterocycles. The Kier molecular flexibility index (Phi) is 2.18. The van der Waals surface area contributed by atoms with Crippen LogP contribution in [0.25, 0.3) is 16.9 Å². The third-order valence-corrected chi connectivity index (χ3v) is 2.35. The average molecular weight is 227 g/mol. The summed E-state index contributed by atoms with van der Waals surface area (Å²) in [5, 5.41) is 8.05. The first kappa shape index (κ1) is 9.71. The van der Waals surface area contributed by atoms with Gasteiger partial charge in [0.25, 0.3) is 0 Å². The first-order valence-corrected chi connectivity index (χ1v) is 5.06. The van der Waals surface area contributed by atoms with Gasteiger partial charge in [-0.05, 0) is 12.1 Å². The van der Waals surface area contributed by atoms with Crippen molar-refractivity contribution < 1.29 is 4.74 Å². The Morgan fingerprint density at radius 1 is 1.18 bits per heavy atom. The largest absolute Gasteiger partial charge is 0.467 e. The Morgan fingerprint density at radius 3 is 2.76 bits per heavy atom. The minimum Gasteiger partial charge on any atom is -0.467 e. The Balaban J connectivity index is 2.23. The summed E-state index contributed by atoms with van der Waals surface area (Å²) in [6.45, 7) is 0. The molecule has 0 saturated heterocycles. The SMILES string of the molecule is COc1ncc2nnn(-c3ccccc3)c2n1. The Labute approximate surface area is 96.9 Å². The van der Waals surface area contributed by atoms with Crippen LogP contribution in [0.4, 0.5) is 0 Å². The van der Waals surface area contributed by atoms with Crippen molar-refractivity contribution in [1.29, 1.82) is 0 Å². The summed E-state index contributed by atoms with van der Waals surface area (Å²) in [4.78, 5) is 8.22. The number of nitrogens with zero attached hydrogens (tertiary/aromatic N) is 5. The maximum Gasteiger partial charge on any atom is 0.318 e. The molecule has 6 heteroatoms. The van der Waals surface area contributed by atoms with Gasteiger partial charge in [0.15, 0.2) is 11.2 Å². The minimum atomic E-state index is 0.303. The van der Waals surface area contributed by atoms with Crippen LogP contribution in [0.2, 0.25) is 0 Å². The standard InChI is InChI=1S/C11H9N5O/c1-17-11-12-7-9-10(13-11)16(15-14-9)8-5-3-2-4-6-8/h2-7H,1H3. The molecule has 3 rings (SSSR count). The van der Waals surface area contributed by atoms with E-state index in [1.165, 1.54) is 7.11 Å². The highest BCUT2D eigenvalue weighted by Crippen LogP contribution is 2.15. The molecule has 0 radical (unpaired) electrons. The van der Waals surface area contributed by atoms with Crippen molar-refractivity contribution in [2.75, 3.05) is 7.11 Å². The van der Waals surface area contributed by atoms with Gasteiger partial charge in [-0.2, -0.15) is 9.67 Å². The number of benzene rings is 1. The van der Waals surface area contributed by atoms with Crippen molar-refractivity contribution in [1.82, 2.24) is 25.0 Å². The third kappa shape index (κ3) is 1.59. The number of hydrogen-bond acceptors (Lipinski definition) is 5. The highest BCUT2D eigenvalue weighted by Gasteiger charge is 2.09. The summed E-state index contributed by atoms with van der Waals surface area (Å²) in [5.41, 5.74) is 2.16. The van der Waals surface area contributed by atoms with E-state index in [2.05, 4.69) is 20.3 Å². The molecule has 1 aromatic carbocycles. The molecule has 0 aliphatic heterocycles. The van der Waals surface area contributed by atoms with Crippen LogP contribution in [0.5, 0.6) is 6.01 Å². The molecule has 6 nitrogen and oxygen atoms in total. The second-order valence-corrected chi connectivity index (χ2v) is 3.40. The Morgan fingerprint density at radius 2 is 2.00 bits per heavy atom. The van der Waals surface area contributed by atoms with Crippen LogP contribution >= 0.6 is 0 Å². The molecule has 3 aromatic rings. The first-order valence-electron chi connectivity index (χ1n) is 5.06. The maximum absolute atomic E-state index is 4.99. The topological polar surface area (TPSA) is 65.7 Å². The zero-order chi connectivity index (χ0) is 11.7. The fourth-order valence-corrected chi connectivity index (χ4v) is 1.55. The number of ether oxygens (including phenoxy) is 1. The monoisotopic (exact) mass is 227 g/mol. The summed E-state index contributed by atoms with van der Waals surface area (Å²) >= 11 is 0. The highest BCUT2D eigenvalue weighted by molar-refractivity contribution is 5.70. The van der Waals surface area contributed by atoms with Gasteiger partial charge in [0.05, 0.1) is 19.0 Å². The van der Waals surface area contributed by atoms with E-state index >= 15 is 0 Å². The molecule has 0 saturated carbocycles. The van der Waals surface area contributed by atoms with Gasteiger partial charge >= 0.3 is 6.01 Å². The van der Waals surface area contributed by atoms with Gasteiger partial charge in [-0.3, -0.25) is 0 Å². The molecular weight excluding hydrogens is 218 g/mol. The lowest BCUT2D eigenvalue weighted by atomic mass is 10.3. The lowest BCUT2D eigenvalue weighted by Gasteiger charge is -2.01. The van der Waals surface area contributed by atoms with Crippen LogP contribution in [0, 0.1) is 0 Å². The highest BCUT2D eigenvalue weighted by atomic mass is 16.5. The smallest absolute Gasteiger partial charge is 0.318 e. The number of methoxy groups -OCH3 is 1. The van der Waals surface area contributed by atoms with Gasteiger partial charge < -0.3 is 4.74 Å². The van der Waals surface area contributed by atoms with Gasteiger partial charge in [-0.15, -0.1) is 5.10 Å². The lowest BCUT2D eigenvalue weighted by molar-refractivity contribution is 0.381. The average Bonchev–Trinajstić information content (AvgIpc) is 2.82. The molecule has 0 fully saturated rings. The number of para-hydroxylation sites is 1. The quantitative estimate of drug-likeness (QED) is 0.658. The van der Waals surface area contributed by atoms with Gasteiger partial charge in [-0.25, -0.2) is 4.98 Å². The number of rotatable bonds is 2. The fraction of sp³-hybridized carbons (Fsp3) is 0.0909. The van der Waals surface area contributed by atoms with Crippen molar-refractivity contribution >= 4 is 11.2 Å². The van der Waals surface area contributed by atoms with Gasteiger partial charge in [0.2, 0.25) is 0 Å². The fourth-order valence-electron chi connectivity index (χ4n) is 1.55. The summed E-state index contributed by atoms with van der Waals surface area (Å²) in [5.74, 6) is 0. The molecule has 0 N–H and O–H groups in total. The molecular formula is C11H9N5O. The van der Waals surface area contributed by atoms with Crippen molar-refractivity contribution in [3.8, 4) is 11.7 Å². The summed E-state index contributed by atoms with van der Waals surface area (Å²) in [6, 6.07) is 9.98. The van der Waals surface area contributed by atoms with E-state index in [1.807, 2.05) is 30.3 Å². The van der Waals surface area contributed by atoms with Crippen molar-refractivity contribution in [3.05, 3.63) is 36.5 Å². The van der Waals surface area contributed by atoms with E-state index in [9.17, 15) is 0 Å². The zero-order valence-corrected chi connectivity index (χ0v) is 9.11. The van der Waals surface area contributed by atoms with Crippen LogP contribution in [-0.2, 0) is 0 Å². The first-order chi connectivity index (χ1) is 8.38. The molecule has 0 aliphatic rings. The van der Waals surface area contributed by atoms with Crippen LogP contribution in [-0.4, -0.2) is 32.1 Å². The van der Waals surface area contributed by atoms with Gasteiger partial charge in [-0.1, -0.05) is 23.4 Å². The number of hydrogen-bond donors (Lipinski definition) is 0. The summed E-state index contributed by atoms with van der Waals surface area (Å²) in [6.07, 6.45) is 1.59. The molecule has 0 spiro atoms. The molecule has 2 heterocycles. The molecule has 0 bridgehead atoms. The normalized spacial score (nSPS) is 10.6. The number of fused-ring (bicyclic) bond motifs is 1. The summed E-state index contributed by atoms with van der Waals surface area (Å²) < 4.78 is 6.64. The van der Waals surface area contributed by atoms with E-state index in [0.717, 1.165) is 5.69 Å². The molecule has 17 heavy (non-hydrogen) atoms. The van der Waals surface area contributed by atoms with E-state index < -0.39 is 0 Å². The zero-order valence-electron chi connectivity index (χ0n) is 9.11.